The number of amides is 1. The largest absolute Gasteiger partial charge is 0.493 e. The summed E-state index contributed by atoms with van der Waals surface area (Å²) in [6, 6.07) is 10.9. The third-order valence-electron chi connectivity index (χ3n) is 6.54. The first-order valence-corrected chi connectivity index (χ1v) is 14.7. The molecule has 0 fully saturated rings. The van der Waals surface area contributed by atoms with Gasteiger partial charge in [-0.2, -0.15) is 0 Å². The molecule has 0 spiro atoms. The van der Waals surface area contributed by atoms with Crippen molar-refractivity contribution in [2.75, 3.05) is 23.3 Å². The lowest BCUT2D eigenvalue weighted by molar-refractivity contribution is -0.116. The summed E-state index contributed by atoms with van der Waals surface area (Å²) in [5.74, 6) is 1.09. The lowest BCUT2D eigenvalue weighted by Gasteiger charge is -2.16. The number of ether oxygens (including phenoxy) is 1. The minimum Gasteiger partial charge on any atom is -0.493 e. The first kappa shape index (κ1) is 28.8. The van der Waals surface area contributed by atoms with E-state index in [0.29, 0.717) is 52.8 Å². The first-order valence-electron chi connectivity index (χ1n) is 13.2. The van der Waals surface area contributed by atoms with E-state index in [1.54, 1.807) is 48.8 Å². The van der Waals surface area contributed by atoms with Crippen LogP contribution in [0.2, 0.25) is 0 Å². The van der Waals surface area contributed by atoms with Crippen molar-refractivity contribution in [3.63, 3.8) is 0 Å². The summed E-state index contributed by atoms with van der Waals surface area (Å²) in [6.07, 6.45) is 3.65. The number of unbranched alkanes of at least 4 members (excludes halogenated alkanes) is 2. The molecule has 212 valence electrons. The van der Waals surface area contributed by atoms with Crippen LogP contribution in [0.1, 0.15) is 51.6 Å². The number of hydrogen-bond donors (Lipinski definition) is 2. The van der Waals surface area contributed by atoms with Crippen LogP contribution in [0.25, 0.3) is 16.9 Å². The maximum absolute atomic E-state index is 13.3. The van der Waals surface area contributed by atoms with Crippen LogP contribution in [0.3, 0.4) is 0 Å². The Morgan fingerprint density at radius 2 is 1.85 bits per heavy atom. The van der Waals surface area contributed by atoms with Gasteiger partial charge in [-0.25, -0.2) is 17.9 Å². The SMILES string of the molecule is CCCCCc1nc(C)c2c(=O)[nH]c(-c3cc(S(=O)(=O)Nc4ccc(N(C)C(C)=O)cc4)ccc3OCC)nn12. The van der Waals surface area contributed by atoms with Crippen LogP contribution in [0.15, 0.2) is 52.2 Å². The minimum atomic E-state index is -4.02. The van der Waals surface area contributed by atoms with E-state index in [9.17, 15) is 18.0 Å². The second-order valence-corrected chi connectivity index (χ2v) is 11.1. The number of aryl methyl sites for hydroxylation is 2. The number of rotatable bonds is 11. The van der Waals surface area contributed by atoms with Crippen molar-refractivity contribution in [1.29, 1.82) is 0 Å². The Labute approximate surface area is 233 Å². The number of hydrogen-bond acceptors (Lipinski definition) is 7. The summed E-state index contributed by atoms with van der Waals surface area (Å²) >= 11 is 0. The van der Waals surface area contributed by atoms with Gasteiger partial charge in [-0.15, -0.1) is 5.10 Å². The van der Waals surface area contributed by atoms with Crippen molar-refractivity contribution in [3.8, 4) is 17.1 Å². The van der Waals surface area contributed by atoms with Gasteiger partial charge >= 0.3 is 0 Å². The van der Waals surface area contributed by atoms with Gasteiger partial charge in [0.05, 0.1) is 22.8 Å². The summed E-state index contributed by atoms with van der Waals surface area (Å²) in [5, 5.41) is 4.67. The molecule has 0 saturated carbocycles. The molecule has 0 atom stereocenters. The molecule has 0 aliphatic carbocycles. The normalized spacial score (nSPS) is 11.5. The molecule has 1 amide bonds. The summed E-state index contributed by atoms with van der Waals surface area (Å²) in [7, 11) is -2.38. The number of H-pyrrole nitrogens is 1. The maximum atomic E-state index is 13.3. The number of carbonyl (C=O) groups is 1. The number of aromatic amines is 1. The van der Waals surface area contributed by atoms with Gasteiger partial charge in [-0.3, -0.25) is 14.3 Å². The molecule has 2 heterocycles. The van der Waals surface area contributed by atoms with Gasteiger partial charge in [0.15, 0.2) is 11.3 Å². The number of carbonyl (C=O) groups excluding carboxylic acids is 1. The fourth-order valence-corrected chi connectivity index (χ4v) is 5.43. The zero-order valence-corrected chi connectivity index (χ0v) is 24.1. The number of sulfonamides is 1. The Morgan fingerprint density at radius 3 is 2.50 bits per heavy atom. The Bertz CT molecular complexity index is 1690. The van der Waals surface area contributed by atoms with Crippen molar-refractivity contribution >= 4 is 32.8 Å². The second kappa shape index (κ2) is 11.9. The van der Waals surface area contributed by atoms with Crippen LogP contribution in [0, 0.1) is 6.92 Å². The highest BCUT2D eigenvalue weighted by Gasteiger charge is 2.21. The van der Waals surface area contributed by atoms with E-state index >= 15 is 0 Å². The first-order chi connectivity index (χ1) is 19.1. The smallest absolute Gasteiger partial charge is 0.277 e. The molecular formula is C28H34N6O5S. The number of aromatic nitrogens is 4. The van der Waals surface area contributed by atoms with E-state index < -0.39 is 10.0 Å². The van der Waals surface area contributed by atoms with Gasteiger partial charge < -0.3 is 14.6 Å². The Kier molecular flexibility index (Phi) is 8.58. The van der Waals surface area contributed by atoms with E-state index in [1.165, 1.54) is 24.0 Å². The number of imidazole rings is 1. The van der Waals surface area contributed by atoms with Crippen molar-refractivity contribution in [1.82, 2.24) is 19.6 Å². The fraction of sp³-hybridized carbons (Fsp3) is 0.357. The molecule has 0 radical (unpaired) electrons. The predicted molar refractivity (Wildman–Crippen MR) is 155 cm³/mol. The molecule has 2 aromatic heterocycles. The monoisotopic (exact) mass is 566 g/mol. The zero-order valence-electron chi connectivity index (χ0n) is 23.3. The van der Waals surface area contributed by atoms with E-state index in [1.807, 2.05) is 6.92 Å². The Morgan fingerprint density at radius 1 is 1.12 bits per heavy atom. The van der Waals surface area contributed by atoms with E-state index in [0.717, 1.165) is 19.3 Å². The number of nitrogens with zero attached hydrogens (tertiary/aromatic N) is 4. The zero-order chi connectivity index (χ0) is 29.0. The van der Waals surface area contributed by atoms with Gasteiger partial charge in [-0.1, -0.05) is 19.8 Å². The van der Waals surface area contributed by atoms with E-state index in [4.69, 9.17) is 4.74 Å². The number of nitrogens with one attached hydrogen (secondary N) is 2. The van der Waals surface area contributed by atoms with Gasteiger partial charge in [-0.05, 0) is 62.7 Å². The fourth-order valence-electron chi connectivity index (χ4n) is 4.34. The van der Waals surface area contributed by atoms with Gasteiger partial charge in [0.25, 0.3) is 15.6 Å². The predicted octanol–water partition coefficient (Wildman–Crippen LogP) is 4.31. The van der Waals surface area contributed by atoms with Crippen LogP contribution in [-0.4, -0.2) is 47.6 Å². The summed E-state index contributed by atoms with van der Waals surface area (Å²) < 4.78 is 36.6. The molecule has 4 rings (SSSR count). The molecular weight excluding hydrogens is 532 g/mol. The molecule has 12 heteroatoms. The van der Waals surface area contributed by atoms with Crippen LogP contribution >= 0.6 is 0 Å². The van der Waals surface area contributed by atoms with Gasteiger partial charge in [0, 0.05) is 31.8 Å². The van der Waals surface area contributed by atoms with E-state index in [-0.39, 0.29) is 22.2 Å². The third-order valence-corrected chi connectivity index (χ3v) is 7.92. The van der Waals surface area contributed by atoms with Gasteiger partial charge in [0.2, 0.25) is 5.91 Å². The van der Waals surface area contributed by atoms with Crippen LogP contribution in [0.5, 0.6) is 5.75 Å². The molecule has 11 nitrogen and oxygen atoms in total. The number of anilines is 2. The second-order valence-electron chi connectivity index (χ2n) is 9.46. The minimum absolute atomic E-state index is 0.0383. The standard InChI is InChI=1S/C28H34N6O5S/c1-6-8-9-10-25-29-18(3)26-28(36)30-27(31-34(25)26)23-17-22(15-16-24(23)39-7-2)40(37,38)32-20-11-13-21(14-12-20)33(5)19(4)35/h11-17,32H,6-10H2,1-5H3,(H,30,31,36). The average Bonchev–Trinajstić information content (AvgIpc) is 3.24. The molecule has 2 aromatic carbocycles. The quantitative estimate of drug-likeness (QED) is 0.258. The summed E-state index contributed by atoms with van der Waals surface area (Å²) in [5.41, 5.74) is 1.85. The van der Waals surface area contributed by atoms with Gasteiger partial charge in [0.1, 0.15) is 11.6 Å². The Balaban J connectivity index is 1.74. The Hall–Kier alpha value is -4.19. The average molecular weight is 567 g/mol. The molecule has 0 saturated heterocycles. The highest BCUT2D eigenvalue weighted by atomic mass is 32.2. The molecule has 0 bridgehead atoms. The van der Waals surface area contributed by atoms with Crippen molar-refractivity contribution in [2.45, 2.75) is 58.3 Å². The molecule has 0 unspecified atom stereocenters. The molecule has 4 aromatic rings. The van der Waals surface area contributed by atoms with Crippen LogP contribution in [-0.2, 0) is 21.2 Å². The highest BCUT2D eigenvalue weighted by molar-refractivity contribution is 7.92. The number of fused-ring (bicyclic) bond motifs is 1. The topological polar surface area (TPSA) is 139 Å². The van der Waals surface area contributed by atoms with Crippen molar-refractivity contribution in [2.24, 2.45) is 0 Å². The molecule has 2 N–H and O–H groups in total. The lowest BCUT2D eigenvalue weighted by Crippen LogP contribution is -2.22. The van der Waals surface area contributed by atoms with Crippen LogP contribution in [0.4, 0.5) is 11.4 Å². The lowest BCUT2D eigenvalue weighted by atomic mass is 10.2. The summed E-state index contributed by atoms with van der Waals surface area (Å²) in [6.45, 7) is 7.47. The highest BCUT2D eigenvalue weighted by Crippen LogP contribution is 2.31. The number of benzene rings is 2. The molecule has 40 heavy (non-hydrogen) atoms. The van der Waals surface area contributed by atoms with Crippen LogP contribution < -0.4 is 19.9 Å². The summed E-state index contributed by atoms with van der Waals surface area (Å²) in [4.78, 5) is 33.5. The van der Waals surface area contributed by atoms with E-state index in [2.05, 4.69) is 26.7 Å². The van der Waals surface area contributed by atoms with Crippen molar-refractivity contribution in [3.05, 3.63) is 64.3 Å². The maximum Gasteiger partial charge on any atom is 0.277 e. The molecule has 0 aliphatic rings. The molecule has 0 aliphatic heterocycles. The third kappa shape index (κ3) is 6.01. The van der Waals surface area contributed by atoms with Crippen molar-refractivity contribution < 1.29 is 17.9 Å².